The minimum Gasteiger partial charge on any atom is -0.364 e. The number of anilines is 1. The summed E-state index contributed by atoms with van der Waals surface area (Å²) in [5.74, 6) is 0.813. The van der Waals surface area contributed by atoms with Crippen LogP contribution in [0.5, 0.6) is 0 Å². The van der Waals surface area contributed by atoms with Gasteiger partial charge in [-0.1, -0.05) is 6.07 Å². The van der Waals surface area contributed by atoms with Gasteiger partial charge in [-0.3, -0.25) is 4.79 Å². The summed E-state index contributed by atoms with van der Waals surface area (Å²) in [6.45, 7) is 1.32. The third-order valence-electron chi connectivity index (χ3n) is 3.96. The maximum absolute atomic E-state index is 12.6. The number of benzene rings is 1. The van der Waals surface area contributed by atoms with Crippen molar-refractivity contribution < 1.29 is 4.79 Å². The van der Waals surface area contributed by atoms with Gasteiger partial charge in [-0.2, -0.15) is 5.10 Å². The molecule has 3 heterocycles. The number of nitrogens with one attached hydrogen (secondary N) is 1. The molecule has 0 radical (unpaired) electrons. The van der Waals surface area contributed by atoms with Crippen molar-refractivity contribution in [3.63, 3.8) is 0 Å². The zero-order valence-corrected chi connectivity index (χ0v) is 12.9. The smallest absolute Gasteiger partial charge is 0.254 e. The molecule has 3 aromatic rings. The van der Waals surface area contributed by atoms with Crippen molar-refractivity contribution in [3.05, 3.63) is 66.9 Å². The van der Waals surface area contributed by atoms with Crippen LogP contribution >= 0.6 is 0 Å². The highest BCUT2D eigenvalue weighted by atomic mass is 16.2. The molecule has 7 heteroatoms. The molecule has 0 unspecified atom stereocenters. The second kappa shape index (κ2) is 6.11. The Kier molecular flexibility index (Phi) is 3.66. The highest BCUT2D eigenvalue weighted by molar-refractivity contribution is 5.95. The van der Waals surface area contributed by atoms with E-state index in [1.807, 2.05) is 47.5 Å². The number of carbonyl (C=O) groups excluding carboxylic acids is 1. The fourth-order valence-corrected chi connectivity index (χ4v) is 2.71. The maximum atomic E-state index is 12.6. The number of aromatic nitrogens is 4. The first-order chi connectivity index (χ1) is 11.8. The number of nitrogens with zero attached hydrogens (tertiary/aromatic N) is 5. The largest absolute Gasteiger partial charge is 0.364 e. The van der Waals surface area contributed by atoms with Crippen molar-refractivity contribution in [3.8, 4) is 5.69 Å². The molecule has 0 bridgehead atoms. The lowest BCUT2D eigenvalue weighted by molar-refractivity contribution is 0.0625. The summed E-state index contributed by atoms with van der Waals surface area (Å²) in [6.07, 6.45) is 6.77. The van der Waals surface area contributed by atoms with Crippen LogP contribution in [0.1, 0.15) is 10.4 Å². The average Bonchev–Trinajstić information content (AvgIpc) is 3.13. The van der Waals surface area contributed by atoms with Crippen LogP contribution in [0.2, 0.25) is 0 Å². The zero-order chi connectivity index (χ0) is 16.4. The predicted octanol–water partition coefficient (Wildman–Crippen LogP) is 1.60. The van der Waals surface area contributed by atoms with Crippen LogP contribution in [0, 0.1) is 0 Å². The summed E-state index contributed by atoms with van der Waals surface area (Å²) in [5, 5.41) is 7.48. The summed E-state index contributed by atoms with van der Waals surface area (Å²) >= 11 is 0. The van der Waals surface area contributed by atoms with E-state index in [4.69, 9.17) is 0 Å². The Morgan fingerprint density at radius 2 is 2.08 bits per heavy atom. The van der Waals surface area contributed by atoms with Gasteiger partial charge in [0.1, 0.15) is 12.1 Å². The molecule has 1 aliphatic heterocycles. The molecule has 1 saturated heterocycles. The number of rotatable bonds is 4. The molecule has 0 atom stereocenters. The van der Waals surface area contributed by atoms with E-state index in [9.17, 15) is 4.79 Å². The van der Waals surface area contributed by atoms with Crippen LogP contribution in [0.3, 0.4) is 0 Å². The van der Waals surface area contributed by atoms with Gasteiger partial charge in [-0.05, 0) is 30.3 Å². The molecule has 0 saturated carbocycles. The first-order valence-corrected chi connectivity index (χ1v) is 7.71. The predicted molar refractivity (Wildman–Crippen MR) is 88.9 cm³/mol. The molecule has 4 rings (SSSR count). The van der Waals surface area contributed by atoms with Crippen molar-refractivity contribution in [2.75, 3.05) is 18.4 Å². The van der Waals surface area contributed by atoms with E-state index in [1.54, 1.807) is 17.1 Å². The quantitative estimate of drug-likeness (QED) is 0.790. The Labute approximate surface area is 139 Å². The van der Waals surface area contributed by atoms with E-state index in [0.29, 0.717) is 18.7 Å². The molecule has 1 amide bonds. The average molecular weight is 320 g/mol. The lowest BCUT2D eigenvalue weighted by Gasteiger charge is -2.39. The minimum atomic E-state index is 0.0322. The molecule has 0 aliphatic carbocycles. The standard InChI is InChI=1S/C17H16N6O/c24-17(13-3-1-4-15(9-13)23-8-2-6-20-23)22-10-14(11-22)21-16-5-7-18-12-19-16/h1-9,12,14H,10-11H2,(H,18,19,21). The number of amides is 1. The second-order valence-electron chi connectivity index (χ2n) is 5.65. The van der Waals surface area contributed by atoms with Gasteiger partial charge in [0.25, 0.3) is 5.91 Å². The van der Waals surface area contributed by atoms with Crippen LogP contribution < -0.4 is 5.32 Å². The van der Waals surface area contributed by atoms with Gasteiger partial charge in [0.05, 0.1) is 11.7 Å². The fourth-order valence-electron chi connectivity index (χ4n) is 2.71. The first-order valence-electron chi connectivity index (χ1n) is 7.71. The highest BCUT2D eigenvalue weighted by Gasteiger charge is 2.31. The summed E-state index contributed by atoms with van der Waals surface area (Å²) in [6, 6.07) is 11.4. The van der Waals surface area contributed by atoms with Crippen molar-refractivity contribution in [1.29, 1.82) is 0 Å². The Morgan fingerprint density at radius 3 is 2.83 bits per heavy atom. The molecule has 1 aliphatic rings. The lowest BCUT2D eigenvalue weighted by atomic mass is 10.1. The van der Waals surface area contributed by atoms with E-state index < -0.39 is 0 Å². The fraction of sp³-hybridized carbons (Fsp3) is 0.176. The molecule has 7 nitrogen and oxygen atoms in total. The van der Waals surface area contributed by atoms with Crippen LogP contribution in [0.25, 0.3) is 5.69 Å². The number of hydrogen-bond acceptors (Lipinski definition) is 5. The number of hydrogen-bond donors (Lipinski definition) is 1. The number of likely N-dealkylation sites (tertiary alicyclic amines) is 1. The van der Waals surface area contributed by atoms with Crippen LogP contribution in [0.15, 0.2) is 61.3 Å². The molecule has 1 N–H and O–H groups in total. The first kappa shape index (κ1) is 14.4. The molecule has 0 spiro atoms. The summed E-state index contributed by atoms with van der Waals surface area (Å²) in [7, 11) is 0. The third kappa shape index (κ3) is 2.83. The summed E-state index contributed by atoms with van der Waals surface area (Å²) in [5.41, 5.74) is 1.55. The highest BCUT2D eigenvalue weighted by Crippen LogP contribution is 2.18. The molecule has 24 heavy (non-hydrogen) atoms. The lowest BCUT2D eigenvalue weighted by Crippen LogP contribution is -2.57. The third-order valence-corrected chi connectivity index (χ3v) is 3.96. The van der Waals surface area contributed by atoms with E-state index in [2.05, 4.69) is 20.4 Å². The van der Waals surface area contributed by atoms with E-state index in [0.717, 1.165) is 11.5 Å². The Balaban J connectivity index is 1.40. The molecule has 1 fully saturated rings. The van der Waals surface area contributed by atoms with Gasteiger partial charge in [-0.15, -0.1) is 0 Å². The van der Waals surface area contributed by atoms with E-state index >= 15 is 0 Å². The van der Waals surface area contributed by atoms with Gasteiger partial charge < -0.3 is 10.2 Å². The van der Waals surface area contributed by atoms with Gasteiger partial charge in [0.2, 0.25) is 0 Å². The van der Waals surface area contributed by atoms with Crippen LogP contribution in [-0.2, 0) is 0 Å². The Hall–Kier alpha value is -3.22. The monoisotopic (exact) mass is 320 g/mol. The summed E-state index contributed by atoms with van der Waals surface area (Å²) < 4.78 is 1.74. The van der Waals surface area contributed by atoms with Gasteiger partial charge in [0.15, 0.2) is 0 Å². The van der Waals surface area contributed by atoms with Gasteiger partial charge >= 0.3 is 0 Å². The van der Waals surface area contributed by atoms with Crippen LogP contribution in [0.4, 0.5) is 5.82 Å². The van der Waals surface area contributed by atoms with Crippen molar-refractivity contribution in [2.24, 2.45) is 0 Å². The zero-order valence-electron chi connectivity index (χ0n) is 12.9. The molecule has 2 aromatic heterocycles. The van der Waals surface area contributed by atoms with Crippen molar-refractivity contribution in [1.82, 2.24) is 24.6 Å². The van der Waals surface area contributed by atoms with Crippen molar-refractivity contribution in [2.45, 2.75) is 6.04 Å². The second-order valence-corrected chi connectivity index (χ2v) is 5.65. The van der Waals surface area contributed by atoms with E-state index in [-0.39, 0.29) is 11.9 Å². The SMILES string of the molecule is O=C(c1cccc(-n2cccn2)c1)N1CC(Nc2ccncn2)C1. The van der Waals surface area contributed by atoms with E-state index in [1.165, 1.54) is 6.33 Å². The number of carbonyl (C=O) groups is 1. The molecule has 1 aromatic carbocycles. The molecule has 120 valence electrons. The minimum absolute atomic E-state index is 0.0322. The topological polar surface area (TPSA) is 75.9 Å². The Bertz CT molecular complexity index is 827. The molecular formula is C17H16N6O. The summed E-state index contributed by atoms with van der Waals surface area (Å²) in [4.78, 5) is 22.4. The maximum Gasteiger partial charge on any atom is 0.254 e. The van der Waals surface area contributed by atoms with Crippen LogP contribution in [-0.4, -0.2) is 49.7 Å². The molecular weight excluding hydrogens is 304 g/mol. The van der Waals surface area contributed by atoms with Gasteiger partial charge in [0, 0.05) is 37.2 Å². The van der Waals surface area contributed by atoms with Gasteiger partial charge in [-0.25, -0.2) is 14.6 Å². The van der Waals surface area contributed by atoms with Crippen molar-refractivity contribution >= 4 is 11.7 Å². The normalized spacial score (nSPS) is 14.2. The Morgan fingerprint density at radius 1 is 1.17 bits per heavy atom.